The van der Waals surface area contributed by atoms with Crippen molar-refractivity contribution in [2.75, 3.05) is 19.6 Å². The molecule has 1 aromatic rings. The largest absolute Gasteiger partial charge is 0.389 e. The van der Waals surface area contributed by atoms with Crippen LogP contribution in [0.25, 0.3) is 0 Å². The van der Waals surface area contributed by atoms with Gasteiger partial charge in [0, 0.05) is 30.9 Å². The van der Waals surface area contributed by atoms with E-state index in [0.717, 1.165) is 32.5 Å². The van der Waals surface area contributed by atoms with Crippen molar-refractivity contribution >= 4 is 0 Å². The highest BCUT2D eigenvalue weighted by atomic mass is 16.3. The molecule has 4 heteroatoms. The van der Waals surface area contributed by atoms with Gasteiger partial charge in [0.2, 0.25) is 0 Å². The Morgan fingerprint density at radius 3 is 2.89 bits per heavy atom. The van der Waals surface area contributed by atoms with Gasteiger partial charge in [-0.3, -0.25) is 10.00 Å². The first-order valence-corrected chi connectivity index (χ1v) is 7.69. The topological polar surface area (TPSA) is 52.1 Å². The van der Waals surface area contributed by atoms with Crippen LogP contribution in [-0.2, 0) is 0 Å². The molecule has 1 saturated heterocycles. The third kappa shape index (κ3) is 3.18. The second-order valence-electron chi connectivity index (χ2n) is 6.37. The average Bonchev–Trinajstić information content (AvgIpc) is 2.93. The minimum atomic E-state index is -0.422. The molecule has 2 N–H and O–H groups in total. The van der Waals surface area contributed by atoms with Gasteiger partial charge in [-0.2, -0.15) is 5.10 Å². The molecule has 0 aromatic carbocycles. The molecule has 19 heavy (non-hydrogen) atoms. The van der Waals surface area contributed by atoms with Crippen LogP contribution in [0.3, 0.4) is 0 Å². The van der Waals surface area contributed by atoms with Crippen LogP contribution in [0.4, 0.5) is 0 Å². The lowest BCUT2D eigenvalue weighted by Crippen LogP contribution is -2.47. The number of likely N-dealkylation sites (tertiary alicyclic amines) is 1. The number of rotatable bonds is 3. The summed E-state index contributed by atoms with van der Waals surface area (Å²) in [6.07, 6.45) is 9.93. The highest BCUT2D eigenvalue weighted by Gasteiger charge is 2.33. The Kier molecular flexibility index (Phi) is 3.89. The maximum absolute atomic E-state index is 10.7. The smallest absolute Gasteiger partial charge is 0.0774 e. The zero-order valence-electron chi connectivity index (χ0n) is 11.6. The van der Waals surface area contributed by atoms with Crippen molar-refractivity contribution in [1.29, 1.82) is 0 Å². The zero-order valence-corrected chi connectivity index (χ0v) is 11.6. The molecule has 3 rings (SSSR count). The summed E-state index contributed by atoms with van der Waals surface area (Å²) >= 11 is 0. The summed E-state index contributed by atoms with van der Waals surface area (Å²) in [6, 6.07) is 2.09. The van der Waals surface area contributed by atoms with E-state index in [4.69, 9.17) is 0 Å². The Balaban J connectivity index is 1.59. The summed E-state index contributed by atoms with van der Waals surface area (Å²) in [5.74, 6) is 0.559. The van der Waals surface area contributed by atoms with E-state index in [2.05, 4.69) is 21.2 Å². The maximum atomic E-state index is 10.7. The highest BCUT2D eigenvalue weighted by Crippen LogP contribution is 2.31. The predicted octanol–water partition coefficient (Wildman–Crippen LogP) is 2.28. The lowest BCUT2D eigenvalue weighted by Gasteiger charge is -2.40. The van der Waals surface area contributed by atoms with Gasteiger partial charge in [0.25, 0.3) is 0 Å². The Hall–Kier alpha value is -0.870. The molecular weight excluding hydrogens is 238 g/mol. The molecule has 1 aliphatic carbocycles. The highest BCUT2D eigenvalue weighted by molar-refractivity contribution is 5.07. The SMILES string of the molecule is OC1(CN2CCCC(c3ccn[nH]3)C2)CCCCC1. The number of piperidine rings is 1. The quantitative estimate of drug-likeness (QED) is 0.879. The molecular formula is C15H25N3O. The van der Waals surface area contributed by atoms with E-state index in [1.807, 2.05) is 6.20 Å². The van der Waals surface area contributed by atoms with Crippen LogP contribution in [0.15, 0.2) is 12.3 Å². The normalized spacial score (nSPS) is 28.4. The van der Waals surface area contributed by atoms with Crippen molar-refractivity contribution in [3.8, 4) is 0 Å². The summed E-state index contributed by atoms with van der Waals surface area (Å²) in [6.45, 7) is 3.05. The molecule has 0 spiro atoms. The number of hydrogen-bond acceptors (Lipinski definition) is 3. The van der Waals surface area contributed by atoms with Crippen molar-refractivity contribution < 1.29 is 5.11 Å². The summed E-state index contributed by atoms with van der Waals surface area (Å²) in [4.78, 5) is 2.46. The molecule has 4 nitrogen and oxygen atoms in total. The van der Waals surface area contributed by atoms with E-state index >= 15 is 0 Å². The van der Waals surface area contributed by atoms with Gasteiger partial charge in [0.15, 0.2) is 0 Å². The molecule has 0 bridgehead atoms. The van der Waals surface area contributed by atoms with E-state index in [-0.39, 0.29) is 0 Å². The molecule has 2 fully saturated rings. The van der Waals surface area contributed by atoms with Gasteiger partial charge < -0.3 is 5.11 Å². The lowest BCUT2D eigenvalue weighted by molar-refractivity contribution is -0.0314. The summed E-state index contributed by atoms with van der Waals surface area (Å²) in [7, 11) is 0. The second kappa shape index (κ2) is 5.63. The summed E-state index contributed by atoms with van der Waals surface area (Å²) in [5.41, 5.74) is 0.828. The molecule has 1 aromatic heterocycles. The number of aliphatic hydroxyl groups is 1. The van der Waals surface area contributed by atoms with Crippen LogP contribution in [-0.4, -0.2) is 45.4 Å². The lowest BCUT2D eigenvalue weighted by atomic mass is 9.83. The fraction of sp³-hybridized carbons (Fsp3) is 0.800. The Labute approximate surface area is 115 Å². The van der Waals surface area contributed by atoms with Crippen LogP contribution < -0.4 is 0 Å². The molecule has 0 amide bonds. The first-order valence-electron chi connectivity index (χ1n) is 7.69. The van der Waals surface area contributed by atoms with Gasteiger partial charge in [0.05, 0.1) is 5.60 Å². The van der Waals surface area contributed by atoms with Crippen LogP contribution in [0.5, 0.6) is 0 Å². The Bertz CT molecular complexity index is 384. The standard InChI is InChI=1S/C15H25N3O/c19-15(7-2-1-3-8-15)12-18-10-4-5-13(11-18)14-6-9-16-17-14/h6,9,13,19H,1-5,7-8,10-12H2,(H,16,17). The van der Waals surface area contributed by atoms with Gasteiger partial charge in [-0.1, -0.05) is 19.3 Å². The van der Waals surface area contributed by atoms with Crippen molar-refractivity contribution in [1.82, 2.24) is 15.1 Å². The van der Waals surface area contributed by atoms with Gasteiger partial charge in [-0.05, 0) is 38.3 Å². The predicted molar refractivity (Wildman–Crippen MR) is 75.0 cm³/mol. The van der Waals surface area contributed by atoms with Gasteiger partial charge >= 0.3 is 0 Å². The van der Waals surface area contributed by atoms with Crippen LogP contribution in [0, 0.1) is 0 Å². The molecule has 1 atom stereocenters. The Morgan fingerprint density at radius 1 is 1.32 bits per heavy atom. The zero-order chi connectivity index (χ0) is 13.1. The summed E-state index contributed by atoms with van der Waals surface area (Å²) in [5, 5.41) is 17.8. The fourth-order valence-electron chi connectivity index (χ4n) is 3.73. The first kappa shape index (κ1) is 13.1. The van der Waals surface area contributed by atoms with E-state index in [0.29, 0.717) is 5.92 Å². The second-order valence-corrected chi connectivity index (χ2v) is 6.37. The van der Waals surface area contributed by atoms with Crippen LogP contribution in [0.1, 0.15) is 56.6 Å². The number of H-pyrrole nitrogens is 1. The van der Waals surface area contributed by atoms with E-state index < -0.39 is 5.60 Å². The third-order valence-electron chi connectivity index (χ3n) is 4.77. The number of β-amino-alcohol motifs (C(OH)–C–C–N with tert-alkyl or cyclic N) is 1. The number of nitrogens with one attached hydrogen (secondary N) is 1. The monoisotopic (exact) mass is 263 g/mol. The minimum absolute atomic E-state index is 0.422. The Morgan fingerprint density at radius 2 is 2.16 bits per heavy atom. The molecule has 2 aliphatic rings. The van der Waals surface area contributed by atoms with Crippen molar-refractivity contribution in [2.24, 2.45) is 0 Å². The maximum Gasteiger partial charge on any atom is 0.0774 e. The minimum Gasteiger partial charge on any atom is -0.389 e. The van der Waals surface area contributed by atoms with Crippen molar-refractivity contribution in [2.45, 2.75) is 56.5 Å². The van der Waals surface area contributed by atoms with E-state index in [9.17, 15) is 5.11 Å². The van der Waals surface area contributed by atoms with Gasteiger partial charge in [-0.25, -0.2) is 0 Å². The average molecular weight is 263 g/mol. The third-order valence-corrected chi connectivity index (χ3v) is 4.77. The van der Waals surface area contributed by atoms with E-state index in [1.165, 1.54) is 37.8 Å². The molecule has 1 aliphatic heterocycles. The van der Waals surface area contributed by atoms with Gasteiger partial charge in [0.1, 0.15) is 0 Å². The van der Waals surface area contributed by atoms with Crippen molar-refractivity contribution in [3.05, 3.63) is 18.0 Å². The van der Waals surface area contributed by atoms with Crippen LogP contribution in [0.2, 0.25) is 0 Å². The molecule has 1 saturated carbocycles. The number of nitrogens with zero attached hydrogens (tertiary/aromatic N) is 2. The molecule has 0 radical (unpaired) electrons. The molecule has 1 unspecified atom stereocenters. The molecule has 106 valence electrons. The number of aromatic amines is 1. The molecule has 2 heterocycles. The first-order chi connectivity index (χ1) is 9.25. The van der Waals surface area contributed by atoms with Gasteiger partial charge in [-0.15, -0.1) is 0 Å². The van der Waals surface area contributed by atoms with E-state index in [1.54, 1.807) is 0 Å². The fourth-order valence-corrected chi connectivity index (χ4v) is 3.73. The van der Waals surface area contributed by atoms with Crippen LogP contribution >= 0.6 is 0 Å². The van der Waals surface area contributed by atoms with Crippen molar-refractivity contribution in [3.63, 3.8) is 0 Å². The number of aromatic nitrogens is 2. The number of hydrogen-bond donors (Lipinski definition) is 2. The summed E-state index contributed by atoms with van der Waals surface area (Å²) < 4.78 is 0.